The highest BCUT2D eigenvalue weighted by atomic mass is 14.9. The fraction of sp³-hybridized carbons (Fsp3) is 0. The Morgan fingerprint density at radius 1 is 0.370 bits per heavy atom. The van der Waals surface area contributed by atoms with Gasteiger partial charge in [0.1, 0.15) is 0 Å². The van der Waals surface area contributed by atoms with Gasteiger partial charge in [0.05, 0.1) is 68.1 Å². The van der Waals surface area contributed by atoms with Crippen LogP contribution in [0, 0.1) is 22.7 Å². The van der Waals surface area contributed by atoms with Gasteiger partial charge < -0.3 is 0 Å². The summed E-state index contributed by atoms with van der Waals surface area (Å²) in [5.41, 5.74) is 15.0. The average molecular weight is 583 g/mol. The summed E-state index contributed by atoms with van der Waals surface area (Å²) in [6.45, 7) is 0. The van der Waals surface area contributed by atoms with E-state index < -0.39 is 0 Å². The molecule has 46 heavy (non-hydrogen) atoms. The van der Waals surface area contributed by atoms with E-state index in [1.54, 1.807) is 0 Å². The highest BCUT2D eigenvalue weighted by Gasteiger charge is 2.33. The van der Waals surface area contributed by atoms with Crippen molar-refractivity contribution in [3.05, 3.63) is 120 Å². The lowest BCUT2D eigenvalue weighted by atomic mass is 9.99. The molecule has 6 heteroatoms. The van der Waals surface area contributed by atoms with Crippen LogP contribution in [0.5, 0.6) is 0 Å². The summed E-state index contributed by atoms with van der Waals surface area (Å²) in [6, 6.07) is 40.6. The molecule has 0 radical (unpaired) electrons. The van der Waals surface area contributed by atoms with Crippen LogP contribution in [0.15, 0.2) is 109 Å². The van der Waals surface area contributed by atoms with E-state index >= 15 is 0 Å². The van der Waals surface area contributed by atoms with Gasteiger partial charge in [0, 0.05) is 44.2 Å². The van der Waals surface area contributed by atoms with Crippen LogP contribution < -0.4 is 0 Å². The zero-order chi connectivity index (χ0) is 30.5. The fourth-order valence-electron chi connectivity index (χ4n) is 7.14. The number of hydrogen-bond acceptors (Lipinski definition) is 6. The molecule has 6 aromatic carbocycles. The van der Waals surface area contributed by atoms with Crippen molar-refractivity contribution in [3.63, 3.8) is 0 Å². The summed E-state index contributed by atoms with van der Waals surface area (Å²) in [5, 5.41) is 22.2. The highest BCUT2D eigenvalue weighted by Crippen LogP contribution is 2.54. The summed E-state index contributed by atoms with van der Waals surface area (Å²) >= 11 is 0. The van der Waals surface area contributed by atoms with Gasteiger partial charge in [0.15, 0.2) is 0 Å². The minimum atomic E-state index is 0.568. The minimum Gasteiger partial charge on any atom is -0.244 e. The zero-order valence-electron chi connectivity index (χ0n) is 24.1. The van der Waals surface area contributed by atoms with Crippen molar-refractivity contribution in [1.82, 2.24) is 19.9 Å². The first-order chi connectivity index (χ1) is 22.7. The first kappa shape index (κ1) is 24.7. The van der Waals surface area contributed by atoms with E-state index in [0.717, 1.165) is 89.1 Å². The normalized spacial score (nSPS) is 11.9. The molecule has 0 bridgehead atoms. The van der Waals surface area contributed by atoms with Crippen molar-refractivity contribution in [2.75, 3.05) is 0 Å². The summed E-state index contributed by atoms with van der Waals surface area (Å²) < 4.78 is 0. The molecule has 2 heterocycles. The number of hydrogen-bond donors (Lipinski definition) is 0. The van der Waals surface area contributed by atoms with E-state index in [1.165, 1.54) is 0 Å². The molecule has 0 atom stereocenters. The molecule has 10 rings (SSSR count). The van der Waals surface area contributed by atoms with Crippen LogP contribution in [0.25, 0.3) is 100 Å². The molecule has 0 aliphatic heterocycles. The molecule has 2 aliphatic carbocycles. The molecule has 0 N–H and O–H groups in total. The summed E-state index contributed by atoms with van der Waals surface area (Å²) in [7, 11) is 0. The Kier molecular flexibility index (Phi) is 4.76. The van der Waals surface area contributed by atoms with Crippen molar-refractivity contribution in [1.29, 1.82) is 10.5 Å². The van der Waals surface area contributed by atoms with Crippen LogP contribution in [0.3, 0.4) is 0 Å². The first-order valence-electron chi connectivity index (χ1n) is 14.9. The number of nitrogens with zero attached hydrogens (tertiary/aromatic N) is 6. The Bertz CT molecular complexity index is 2560. The minimum absolute atomic E-state index is 0.568. The van der Waals surface area contributed by atoms with Crippen LogP contribution in [-0.4, -0.2) is 19.9 Å². The molecule has 8 aromatic rings. The second-order valence-corrected chi connectivity index (χ2v) is 11.6. The number of benzene rings is 6. The Morgan fingerprint density at radius 3 is 1.02 bits per heavy atom. The molecule has 0 amide bonds. The Labute approximate surface area is 262 Å². The van der Waals surface area contributed by atoms with Crippen molar-refractivity contribution < 1.29 is 0 Å². The third kappa shape index (κ3) is 3.22. The molecular weight excluding hydrogens is 564 g/mol. The molecule has 0 saturated carbocycles. The lowest BCUT2D eigenvalue weighted by Gasteiger charge is -2.09. The van der Waals surface area contributed by atoms with E-state index in [2.05, 4.69) is 36.4 Å². The monoisotopic (exact) mass is 582 g/mol. The Morgan fingerprint density at radius 2 is 0.696 bits per heavy atom. The van der Waals surface area contributed by atoms with Crippen molar-refractivity contribution in [2.24, 2.45) is 0 Å². The second-order valence-electron chi connectivity index (χ2n) is 11.6. The smallest absolute Gasteiger partial charge is 0.0999 e. The quantitative estimate of drug-likeness (QED) is 0.202. The van der Waals surface area contributed by atoms with Gasteiger partial charge in [-0.15, -0.1) is 0 Å². The number of rotatable bonds is 2. The van der Waals surface area contributed by atoms with Gasteiger partial charge in [-0.1, -0.05) is 84.9 Å². The van der Waals surface area contributed by atoms with Gasteiger partial charge in [-0.2, -0.15) is 10.5 Å². The van der Waals surface area contributed by atoms with Gasteiger partial charge in [-0.05, 0) is 35.4 Å². The van der Waals surface area contributed by atoms with E-state index in [4.69, 9.17) is 19.9 Å². The van der Waals surface area contributed by atoms with Gasteiger partial charge in [0.25, 0.3) is 0 Å². The number of fused-ring (bicyclic) bond motifs is 8. The van der Waals surface area contributed by atoms with Crippen molar-refractivity contribution in [3.8, 4) is 79.4 Å². The molecule has 0 unspecified atom stereocenters. The maximum Gasteiger partial charge on any atom is 0.0999 e. The molecule has 2 aliphatic rings. The zero-order valence-corrected chi connectivity index (χ0v) is 24.1. The van der Waals surface area contributed by atoms with Gasteiger partial charge in [-0.3, -0.25) is 0 Å². The summed E-state index contributed by atoms with van der Waals surface area (Å²) in [6.07, 6.45) is 0. The van der Waals surface area contributed by atoms with E-state index in [9.17, 15) is 10.5 Å². The fourth-order valence-corrected chi connectivity index (χ4v) is 7.14. The molecule has 6 nitrogen and oxygen atoms in total. The molecule has 0 fully saturated rings. The Balaban J connectivity index is 1.18. The molecule has 0 spiro atoms. The standard InChI is InChI=1S/C40H18N6/c41-19-23-15-31-33(17-29(23)21-7-3-1-4-8-21)45-39-27-13-11-26-36-28(14-12-25(35(27)36)37(39)43-31)40-38(26)44-32-16-24(20-42)30(18-34(32)46-40)22-9-5-2-6-10-22/h1-18H. The van der Waals surface area contributed by atoms with Crippen LogP contribution in [0.4, 0.5) is 0 Å². The topological polar surface area (TPSA) is 99.1 Å². The number of nitriles is 2. The van der Waals surface area contributed by atoms with E-state index in [1.807, 2.05) is 84.9 Å². The van der Waals surface area contributed by atoms with Crippen LogP contribution in [-0.2, 0) is 0 Å². The lowest BCUT2D eigenvalue weighted by Crippen LogP contribution is -1.94. The van der Waals surface area contributed by atoms with Gasteiger partial charge >= 0.3 is 0 Å². The molecule has 0 saturated heterocycles. The largest absolute Gasteiger partial charge is 0.244 e. The first-order valence-corrected chi connectivity index (χ1v) is 14.9. The van der Waals surface area contributed by atoms with E-state index in [-0.39, 0.29) is 0 Å². The third-order valence-corrected chi connectivity index (χ3v) is 9.20. The van der Waals surface area contributed by atoms with Crippen LogP contribution in [0.2, 0.25) is 0 Å². The summed E-state index contributed by atoms with van der Waals surface area (Å²) in [4.78, 5) is 20.5. The molecular formula is C40H18N6. The lowest BCUT2D eigenvalue weighted by molar-refractivity contribution is 1.31. The molecule has 208 valence electrons. The van der Waals surface area contributed by atoms with Gasteiger partial charge in [-0.25, -0.2) is 19.9 Å². The SMILES string of the molecule is N#Cc1cc2nc3c(nc2cc1-c1ccccc1)-c1ccc2c4c(ccc-3c14)-c1nc3cc(-c4ccccc4)c(C#N)cc3nc1-2. The van der Waals surface area contributed by atoms with Crippen molar-refractivity contribution in [2.45, 2.75) is 0 Å². The average Bonchev–Trinajstić information content (AvgIpc) is 3.60. The predicted octanol–water partition coefficient (Wildman–Crippen LogP) is 9.10. The van der Waals surface area contributed by atoms with Crippen molar-refractivity contribution >= 4 is 32.8 Å². The predicted molar refractivity (Wildman–Crippen MR) is 179 cm³/mol. The van der Waals surface area contributed by atoms with Gasteiger partial charge in [0.2, 0.25) is 0 Å². The van der Waals surface area contributed by atoms with Crippen LogP contribution >= 0.6 is 0 Å². The maximum atomic E-state index is 10.00. The molecule has 2 aromatic heterocycles. The third-order valence-electron chi connectivity index (χ3n) is 9.20. The Hall–Kier alpha value is -6.76. The number of aromatic nitrogens is 4. The maximum absolute atomic E-state index is 10.00. The van der Waals surface area contributed by atoms with Crippen LogP contribution in [0.1, 0.15) is 11.1 Å². The highest BCUT2D eigenvalue weighted by molar-refractivity contribution is 6.25. The summed E-state index contributed by atoms with van der Waals surface area (Å²) in [5.74, 6) is 0. The second kappa shape index (κ2) is 8.89. The van der Waals surface area contributed by atoms with E-state index in [0.29, 0.717) is 22.2 Å².